The van der Waals surface area contributed by atoms with Crippen molar-refractivity contribution >= 4 is 5.97 Å². The fraction of sp³-hybridized carbons (Fsp3) is 0.385. The molecule has 0 aromatic carbocycles. The first kappa shape index (κ1) is 30.9. The van der Waals surface area contributed by atoms with Crippen molar-refractivity contribution in [3.8, 4) is 0 Å². The molecule has 0 bridgehead atoms. The van der Waals surface area contributed by atoms with Crippen LogP contribution in [0.5, 0.6) is 0 Å². The van der Waals surface area contributed by atoms with E-state index >= 15 is 0 Å². The van der Waals surface area contributed by atoms with Gasteiger partial charge in [0.15, 0.2) is 0 Å². The van der Waals surface area contributed by atoms with Crippen molar-refractivity contribution in [2.24, 2.45) is 0 Å². The molecule has 0 saturated carbocycles. The largest absolute Gasteiger partial charge is 0 e. The monoisotopic (exact) mass is 308 g/mol. The van der Waals surface area contributed by atoms with Crippen molar-refractivity contribution in [3.63, 3.8) is 0 Å². The van der Waals surface area contributed by atoms with Crippen molar-refractivity contribution in [1.82, 2.24) is 0 Å². The SMILES string of the molecule is C[CH][CH][CH][CH][C@H](CC)OC(C)=O.[C-]#[O+].[C-]#[O+].[C-]#[O+].[Fe]. The summed E-state index contributed by atoms with van der Waals surface area (Å²) >= 11 is 0. The topological polar surface area (TPSA) is 86.0 Å². The van der Waals surface area contributed by atoms with E-state index in [2.05, 4.69) is 20.0 Å². The number of hydrogen-bond acceptors (Lipinski definition) is 2. The zero-order chi connectivity index (χ0) is 15.4. The van der Waals surface area contributed by atoms with E-state index in [9.17, 15) is 4.79 Å². The van der Waals surface area contributed by atoms with Gasteiger partial charge in [-0.15, -0.1) is 0 Å². The number of ether oxygens (including phenoxy) is 1. The number of hydrogen-bond donors (Lipinski definition) is 0. The fourth-order valence-corrected chi connectivity index (χ4v) is 0.771. The molecule has 0 N–H and O–H groups in total. The normalized spacial score (nSPS) is 8.26. The number of unbranched alkanes of at least 4 members (excludes halogenated alkanes) is 2. The van der Waals surface area contributed by atoms with E-state index in [0.29, 0.717) is 0 Å². The summed E-state index contributed by atoms with van der Waals surface area (Å²) in [6.07, 6.45) is 8.33. The Morgan fingerprint density at radius 1 is 1.16 bits per heavy atom. The van der Waals surface area contributed by atoms with Gasteiger partial charge in [-0.3, -0.25) is 4.79 Å². The van der Waals surface area contributed by atoms with Crippen LogP contribution in [0, 0.1) is 45.6 Å². The molecule has 0 aliphatic heterocycles. The van der Waals surface area contributed by atoms with Gasteiger partial charge in [0.25, 0.3) is 0 Å². The minimum atomic E-state index is -0.230. The van der Waals surface area contributed by atoms with E-state index in [1.165, 1.54) is 6.92 Å². The first-order valence-electron chi connectivity index (χ1n) is 4.78. The summed E-state index contributed by atoms with van der Waals surface area (Å²) in [6.45, 7) is 18.8. The zero-order valence-corrected chi connectivity index (χ0v) is 12.1. The maximum atomic E-state index is 10.6. The van der Waals surface area contributed by atoms with Crippen molar-refractivity contribution in [3.05, 3.63) is 45.6 Å². The van der Waals surface area contributed by atoms with Gasteiger partial charge >= 0.3 is 39.9 Å². The second-order valence-electron chi connectivity index (χ2n) is 2.47. The molecule has 0 amide bonds. The minimum absolute atomic E-state index is 0. The molecule has 0 rings (SSSR count). The minimum Gasteiger partial charge on any atom is 0 e. The van der Waals surface area contributed by atoms with Crippen LogP contribution in [0.2, 0.25) is 0 Å². The van der Waals surface area contributed by atoms with Crippen molar-refractivity contribution < 1.29 is 40.6 Å². The third-order valence-electron chi connectivity index (χ3n) is 1.35. The number of esters is 1. The first-order chi connectivity index (χ1) is 8.70. The molecule has 106 valence electrons. The zero-order valence-electron chi connectivity index (χ0n) is 11.0. The molecule has 19 heavy (non-hydrogen) atoms. The van der Waals surface area contributed by atoms with Crippen molar-refractivity contribution in [1.29, 1.82) is 0 Å². The van der Waals surface area contributed by atoms with Gasteiger partial charge in [-0.2, -0.15) is 0 Å². The molecule has 0 aromatic heterocycles. The second-order valence-corrected chi connectivity index (χ2v) is 2.47. The Bertz CT molecular complexity index is 209. The molecule has 0 fully saturated rings. The molecule has 1 atom stereocenters. The maximum Gasteiger partial charge on any atom is 0 e. The van der Waals surface area contributed by atoms with E-state index < -0.39 is 0 Å². The van der Waals surface area contributed by atoms with E-state index in [-0.39, 0.29) is 29.1 Å². The van der Waals surface area contributed by atoms with Gasteiger partial charge in [-0.25, -0.2) is 0 Å². The summed E-state index contributed by atoms with van der Waals surface area (Å²) in [5.41, 5.74) is 0. The Morgan fingerprint density at radius 2 is 1.58 bits per heavy atom. The predicted molar refractivity (Wildman–Crippen MR) is 60.5 cm³/mol. The van der Waals surface area contributed by atoms with Crippen LogP contribution < -0.4 is 0 Å². The van der Waals surface area contributed by atoms with Gasteiger partial charge in [0, 0.05) is 30.4 Å². The molecule has 0 saturated heterocycles. The molecule has 0 aromatic rings. The molecule has 0 unspecified atom stereocenters. The van der Waals surface area contributed by atoms with Crippen molar-refractivity contribution in [2.45, 2.75) is 33.3 Å². The third kappa shape index (κ3) is 38.2. The van der Waals surface area contributed by atoms with Crippen LogP contribution >= 0.6 is 0 Å². The van der Waals surface area contributed by atoms with Gasteiger partial charge in [-0.1, -0.05) is 13.8 Å². The predicted octanol–water partition coefficient (Wildman–Crippen LogP) is 2.05. The average Bonchev–Trinajstić information content (AvgIpc) is 2.44. The maximum absolute atomic E-state index is 10.6. The molecule has 5 nitrogen and oxygen atoms in total. The van der Waals surface area contributed by atoms with Crippen molar-refractivity contribution in [2.75, 3.05) is 0 Å². The van der Waals surface area contributed by atoms with E-state index in [0.717, 1.165) is 6.42 Å². The first-order valence-corrected chi connectivity index (χ1v) is 4.78. The summed E-state index contributed by atoms with van der Waals surface area (Å²) in [5.74, 6) is -0.230. The van der Waals surface area contributed by atoms with Gasteiger partial charge in [0.2, 0.25) is 0 Å². The summed E-state index contributed by atoms with van der Waals surface area (Å²) in [4.78, 5) is 10.6. The van der Waals surface area contributed by atoms with Gasteiger partial charge in [0.05, 0.1) is 0 Å². The Balaban J connectivity index is -0.0000000816. The number of rotatable bonds is 6. The van der Waals surface area contributed by atoms with Gasteiger partial charge in [0.1, 0.15) is 6.10 Å². The van der Waals surface area contributed by atoms with E-state index in [1.807, 2.05) is 39.5 Å². The quantitative estimate of drug-likeness (QED) is 0.247. The molecule has 6 heteroatoms. The van der Waals surface area contributed by atoms with E-state index in [4.69, 9.17) is 18.7 Å². The Labute approximate surface area is 126 Å². The van der Waals surface area contributed by atoms with Crippen LogP contribution in [0.1, 0.15) is 27.2 Å². The number of carbonyl (C=O) groups excluding carboxylic acids is 1. The Hall–Kier alpha value is -0.791. The molecular formula is C13H16FeO5. The van der Waals surface area contributed by atoms with Crippen LogP contribution in [-0.2, 0) is 40.6 Å². The fourth-order valence-electron chi connectivity index (χ4n) is 0.771. The molecule has 0 aliphatic rings. The molecule has 0 spiro atoms. The van der Waals surface area contributed by atoms with Gasteiger partial charge < -0.3 is 4.74 Å². The molecule has 0 aliphatic carbocycles. The molecular weight excluding hydrogens is 292 g/mol. The third-order valence-corrected chi connectivity index (χ3v) is 1.35. The summed E-state index contributed by atoms with van der Waals surface area (Å²) in [6, 6.07) is 0. The summed E-state index contributed by atoms with van der Waals surface area (Å²) in [5, 5.41) is 0. The standard InChI is InChI=1S/C10H16O2.3CO.Fe/c1-4-6-7-8-10(5-2)12-9(3)11;3*1-2;/h4,6-8,10H,5H2,1-3H3;;;;/t10-;;;;/m0..../s1. The Kier molecular flexibility index (Phi) is 58.5. The summed E-state index contributed by atoms with van der Waals surface area (Å²) < 4.78 is 27.5. The molecule has 4 radical (unpaired) electrons. The van der Waals surface area contributed by atoms with Gasteiger partial charge in [-0.05, 0) is 25.7 Å². The molecule has 0 heterocycles. The van der Waals surface area contributed by atoms with Crippen LogP contribution in [0.25, 0.3) is 0 Å². The van der Waals surface area contributed by atoms with Crippen LogP contribution in [-0.4, -0.2) is 12.1 Å². The summed E-state index contributed by atoms with van der Waals surface area (Å²) in [7, 11) is 0. The van der Waals surface area contributed by atoms with E-state index in [1.54, 1.807) is 0 Å². The van der Waals surface area contributed by atoms with Crippen LogP contribution in [0.15, 0.2) is 0 Å². The smallest absolute Gasteiger partial charge is 0 e. The second kappa shape index (κ2) is 36.0. The van der Waals surface area contributed by atoms with Crippen LogP contribution in [0.3, 0.4) is 0 Å². The van der Waals surface area contributed by atoms with Crippen LogP contribution in [0.4, 0.5) is 0 Å². The Morgan fingerprint density at radius 3 is 1.84 bits per heavy atom. The number of carbonyl (C=O) groups is 1. The average molecular weight is 308 g/mol.